The molecule has 4 rings (SSSR count). The van der Waals surface area contributed by atoms with E-state index in [1.807, 2.05) is 6.07 Å². The van der Waals surface area contributed by atoms with Crippen molar-refractivity contribution in [3.05, 3.63) is 40.5 Å². The van der Waals surface area contributed by atoms with E-state index >= 15 is 0 Å². The lowest BCUT2D eigenvalue weighted by Gasteiger charge is -2.39. The SMILES string of the molecule is CCc1cc2c(cc1OCCCOC)OC(C1COC1)C1=C2CCCCC(=O)/C(C(=O)O)=C\1. The van der Waals surface area contributed by atoms with Crippen molar-refractivity contribution in [3.63, 3.8) is 0 Å². The van der Waals surface area contributed by atoms with Crippen LogP contribution in [0.1, 0.15) is 50.2 Å². The molecule has 1 unspecified atom stereocenters. The molecule has 7 nitrogen and oxygen atoms in total. The number of fused-ring (bicyclic) bond motifs is 2. The van der Waals surface area contributed by atoms with E-state index in [0.717, 1.165) is 59.5 Å². The fourth-order valence-corrected chi connectivity index (χ4v) is 4.63. The third kappa shape index (κ3) is 4.99. The van der Waals surface area contributed by atoms with Crippen molar-refractivity contribution in [2.24, 2.45) is 5.92 Å². The summed E-state index contributed by atoms with van der Waals surface area (Å²) in [7, 11) is 1.68. The van der Waals surface area contributed by atoms with Gasteiger partial charge >= 0.3 is 5.97 Å². The maximum absolute atomic E-state index is 12.6. The van der Waals surface area contributed by atoms with Gasteiger partial charge in [-0.15, -0.1) is 0 Å². The van der Waals surface area contributed by atoms with Gasteiger partial charge in [0.25, 0.3) is 0 Å². The molecule has 1 fully saturated rings. The number of aliphatic carboxylic acids is 1. The Bertz CT molecular complexity index is 971. The molecular weight excluding hydrogens is 424 g/mol. The van der Waals surface area contributed by atoms with Gasteiger partial charge in [-0.1, -0.05) is 6.92 Å². The van der Waals surface area contributed by atoms with Crippen molar-refractivity contribution >= 4 is 17.3 Å². The number of hydrogen-bond donors (Lipinski definition) is 1. The van der Waals surface area contributed by atoms with Crippen molar-refractivity contribution in [3.8, 4) is 11.5 Å². The number of Topliss-reactive ketones (excluding diaryl/α,β-unsaturated/α-hetero) is 1. The number of carboxylic acids is 1. The second-order valence-electron chi connectivity index (χ2n) is 8.77. The van der Waals surface area contributed by atoms with Crippen LogP contribution in [0.2, 0.25) is 0 Å². The van der Waals surface area contributed by atoms with E-state index in [4.69, 9.17) is 18.9 Å². The number of ketones is 1. The fourth-order valence-electron chi connectivity index (χ4n) is 4.63. The van der Waals surface area contributed by atoms with Gasteiger partial charge in [-0.2, -0.15) is 0 Å². The quantitative estimate of drug-likeness (QED) is 0.467. The molecule has 2 heterocycles. The number of allylic oxidation sites excluding steroid dienone is 1. The minimum absolute atomic E-state index is 0.113. The van der Waals surface area contributed by atoms with Gasteiger partial charge in [0.15, 0.2) is 5.78 Å². The highest BCUT2D eigenvalue weighted by Gasteiger charge is 2.39. The summed E-state index contributed by atoms with van der Waals surface area (Å²) in [6, 6.07) is 4.08. The van der Waals surface area contributed by atoms with E-state index < -0.39 is 5.97 Å². The number of benzene rings is 1. The van der Waals surface area contributed by atoms with Gasteiger partial charge in [-0.05, 0) is 54.5 Å². The molecule has 33 heavy (non-hydrogen) atoms. The van der Waals surface area contributed by atoms with Gasteiger partial charge in [-0.3, -0.25) is 4.79 Å². The third-order valence-electron chi connectivity index (χ3n) is 6.53. The number of carboxylic acid groups (broad SMARTS) is 1. The summed E-state index contributed by atoms with van der Waals surface area (Å²) in [5.74, 6) is 0.166. The predicted octanol–water partition coefficient (Wildman–Crippen LogP) is 3.98. The first-order valence-electron chi connectivity index (χ1n) is 11.8. The standard InChI is InChI=1S/C26H32O7/c1-3-16-11-19-18-7-4-5-8-22(27)21(26(28)29)12-20(18)25(17-14-31-15-17)33-24(19)13-23(16)32-10-6-9-30-2/h11-13,17,25H,3-10,14-15H2,1-2H3,(H,28,29)/b21-12+. The topological polar surface area (TPSA) is 91.3 Å². The summed E-state index contributed by atoms with van der Waals surface area (Å²) < 4.78 is 23.1. The molecule has 1 aliphatic carbocycles. The number of methoxy groups -OCH3 is 1. The Morgan fingerprint density at radius 2 is 1.97 bits per heavy atom. The number of carbonyl (C=O) groups excluding carboxylic acids is 1. The van der Waals surface area contributed by atoms with Crippen LogP contribution in [0.4, 0.5) is 0 Å². The smallest absolute Gasteiger partial charge is 0.339 e. The normalized spacial score (nSPS) is 22.5. The van der Waals surface area contributed by atoms with Crippen LogP contribution in [0.25, 0.3) is 5.57 Å². The Morgan fingerprint density at radius 1 is 1.18 bits per heavy atom. The van der Waals surface area contributed by atoms with Crippen LogP contribution in [0.5, 0.6) is 11.5 Å². The van der Waals surface area contributed by atoms with E-state index in [1.165, 1.54) is 0 Å². The fraction of sp³-hybridized carbons (Fsp3) is 0.538. The minimum atomic E-state index is -1.18. The van der Waals surface area contributed by atoms with Gasteiger partial charge < -0.3 is 24.1 Å². The van der Waals surface area contributed by atoms with Gasteiger partial charge in [0.05, 0.1) is 19.8 Å². The Morgan fingerprint density at radius 3 is 2.64 bits per heavy atom. The molecule has 7 heteroatoms. The van der Waals surface area contributed by atoms with Crippen LogP contribution in [0.3, 0.4) is 0 Å². The Balaban J connectivity index is 1.80. The molecule has 1 aromatic carbocycles. The molecule has 0 spiro atoms. The first-order chi connectivity index (χ1) is 16.0. The molecule has 1 aromatic rings. The molecule has 1 atom stereocenters. The van der Waals surface area contributed by atoms with E-state index in [0.29, 0.717) is 32.8 Å². The van der Waals surface area contributed by atoms with E-state index in [9.17, 15) is 14.7 Å². The molecule has 0 bridgehead atoms. The second-order valence-corrected chi connectivity index (χ2v) is 8.77. The van der Waals surface area contributed by atoms with Crippen LogP contribution in [0.15, 0.2) is 29.4 Å². The number of hydrogen-bond acceptors (Lipinski definition) is 6. The summed E-state index contributed by atoms with van der Waals surface area (Å²) in [5.41, 5.74) is 3.76. The summed E-state index contributed by atoms with van der Waals surface area (Å²) in [5, 5.41) is 9.74. The van der Waals surface area contributed by atoms with E-state index in [1.54, 1.807) is 13.2 Å². The predicted molar refractivity (Wildman–Crippen MR) is 123 cm³/mol. The van der Waals surface area contributed by atoms with Gasteiger partial charge in [0.1, 0.15) is 23.2 Å². The van der Waals surface area contributed by atoms with E-state index in [-0.39, 0.29) is 29.8 Å². The molecule has 0 aromatic heterocycles. The summed E-state index contributed by atoms with van der Waals surface area (Å²) in [6.07, 6.45) is 5.30. The van der Waals surface area contributed by atoms with Gasteiger partial charge in [0.2, 0.25) is 0 Å². The molecule has 0 saturated carbocycles. The lowest BCUT2D eigenvalue weighted by atomic mass is 9.82. The number of aryl methyl sites for hydroxylation is 1. The van der Waals surface area contributed by atoms with E-state index in [2.05, 4.69) is 13.0 Å². The molecule has 1 saturated heterocycles. The van der Waals surface area contributed by atoms with Gasteiger partial charge in [-0.25, -0.2) is 4.79 Å². The lowest BCUT2D eigenvalue weighted by Crippen LogP contribution is -2.43. The van der Waals surface area contributed by atoms with Crippen LogP contribution in [0, 0.1) is 5.92 Å². The molecule has 0 radical (unpaired) electrons. The zero-order chi connectivity index (χ0) is 23.4. The third-order valence-corrected chi connectivity index (χ3v) is 6.53. The average molecular weight is 457 g/mol. The first kappa shape index (κ1) is 23.5. The zero-order valence-corrected chi connectivity index (χ0v) is 19.4. The zero-order valence-electron chi connectivity index (χ0n) is 19.4. The summed E-state index contributed by atoms with van der Waals surface area (Å²) in [6.45, 7) is 4.38. The molecule has 0 amide bonds. The highest BCUT2D eigenvalue weighted by atomic mass is 16.5. The van der Waals surface area contributed by atoms with Crippen LogP contribution in [-0.2, 0) is 25.5 Å². The van der Waals surface area contributed by atoms with Crippen LogP contribution >= 0.6 is 0 Å². The number of ether oxygens (including phenoxy) is 4. The Labute approximate surface area is 194 Å². The lowest BCUT2D eigenvalue weighted by molar-refractivity contribution is -0.134. The highest BCUT2D eigenvalue weighted by molar-refractivity contribution is 6.17. The molecule has 1 N–H and O–H groups in total. The Kier molecular flexibility index (Phi) is 7.50. The number of carbonyl (C=O) groups is 2. The van der Waals surface area contributed by atoms with Crippen LogP contribution in [-0.4, -0.2) is 56.5 Å². The van der Waals surface area contributed by atoms with Crippen LogP contribution < -0.4 is 9.47 Å². The average Bonchev–Trinajstić information content (AvgIpc) is 2.84. The molecule has 2 aliphatic heterocycles. The molecular formula is C26H32O7. The highest BCUT2D eigenvalue weighted by Crippen LogP contribution is 2.45. The maximum atomic E-state index is 12.6. The Hall–Kier alpha value is -2.64. The van der Waals surface area contributed by atoms with Gasteiger partial charge in [0, 0.05) is 44.1 Å². The maximum Gasteiger partial charge on any atom is 0.339 e. The summed E-state index contributed by atoms with van der Waals surface area (Å²) >= 11 is 0. The van der Waals surface area contributed by atoms with Crippen molar-refractivity contribution in [2.75, 3.05) is 33.5 Å². The minimum Gasteiger partial charge on any atom is -0.493 e. The monoisotopic (exact) mass is 456 g/mol. The second kappa shape index (κ2) is 10.5. The van der Waals surface area contributed by atoms with Crippen molar-refractivity contribution in [1.29, 1.82) is 0 Å². The first-order valence-corrected chi connectivity index (χ1v) is 11.8. The number of rotatable bonds is 8. The molecule has 3 aliphatic rings. The van der Waals surface area contributed by atoms with Crippen molar-refractivity contribution < 1.29 is 33.6 Å². The van der Waals surface area contributed by atoms with Crippen molar-refractivity contribution in [2.45, 2.75) is 51.6 Å². The molecule has 178 valence electrons. The summed E-state index contributed by atoms with van der Waals surface area (Å²) in [4.78, 5) is 24.5. The van der Waals surface area contributed by atoms with Crippen molar-refractivity contribution in [1.82, 2.24) is 0 Å². The largest absolute Gasteiger partial charge is 0.493 e.